The first kappa shape index (κ1) is 71.5. The monoisotopic (exact) mass is 1320 g/mol. The maximum absolute atomic E-state index is 9.85. The smallest absolute Gasteiger partial charge is 0.119 e. The minimum Gasteiger partial charge on any atom is -0.508 e. The highest BCUT2D eigenvalue weighted by Crippen LogP contribution is 2.40. The summed E-state index contributed by atoms with van der Waals surface area (Å²) in [4.78, 5) is 7.22. The number of aromatic hydroxyl groups is 3. The molecule has 3 aliphatic rings. The third-order valence-electron chi connectivity index (χ3n) is 18.4. The predicted octanol–water partition coefficient (Wildman–Crippen LogP) is 16.4. The number of phenols is 3. The van der Waals surface area contributed by atoms with Crippen LogP contribution in [0.5, 0.6) is 34.5 Å². The number of rotatable bonds is 30. The van der Waals surface area contributed by atoms with Crippen molar-refractivity contribution >= 4 is 33.4 Å². The van der Waals surface area contributed by atoms with Crippen molar-refractivity contribution in [3.05, 3.63) is 287 Å². The molecule has 1 atom stereocenters. The van der Waals surface area contributed by atoms with Crippen molar-refractivity contribution in [2.45, 2.75) is 76.7 Å². The number of allylic oxidation sites excluding steroid dienone is 3. The maximum atomic E-state index is 9.85. The zero-order valence-corrected chi connectivity index (χ0v) is 56.8. The van der Waals surface area contributed by atoms with E-state index in [1.165, 1.54) is 75.1 Å². The topological polar surface area (TPSA) is 159 Å². The van der Waals surface area contributed by atoms with E-state index in [1.807, 2.05) is 127 Å². The molecule has 9 aromatic rings. The maximum Gasteiger partial charge on any atom is 0.119 e. The summed E-state index contributed by atoms with van der Waals surface area (Å²) in [7, 11) is 2.20. The molecule has 9 aromatic carbocycles. The number of hydrogen-bond acceptors (Lipinski definition) is 12. The van der Waals surface area contributed by atoms with Gasteiger partial charge < -0.3 is 49.7 Å². The Labute approximate surface area is 580 Å². The van der Waals surface area contributed by atoms with Crippen molar-refractivity contribution in [1.82, 2.24) is 14.7 Å². The Hall–Kier alpha value is -9.24. The molecule has 6 N–H and O–H groups in total. The highest BCUT2D eigenvalue weighted by Gasteiger charge is 2.22. The van der Waals surface area contributed by atoms with Crippen LogP contribution in [0.15, 0.2) is 237 Å². The van der Waals surface area contributed by atoms with E-state index in [4.69, 9.17) is 14.2 Å². The second-order valence-corrected chi connectivity index (χ2v) is 25.4. The van der Waals surface area contributed by atoms with Gasteiger partial charge in [0.2, 0.25) is 0 Å². The average Bonchev–Trinajstić information content (AvgIpc) is 1.18. The van der Waals surface area contributed by atoms with Crippen LogP contribution in [0.4, 0.5) is 0 Å². The summed E-state index contributed by atoms with van der Waals surface area (Å²) in [5.74, 6) is 3.36. The van der Waals surface area contributed by atoms with Crippen LogP contribution in [0.3, 0.4) is 0 Å². The van der Waals surface area contributed by atoms with Crippen LogP contribution in [0, 0.1) is 0 Å². The van der Waals surface area contributed by atoms with Crippen LogP contribution >= 0.6 is 0 Å². The molecular weight excluding hydrogens is 1220 g/mol. The van der Waals surface area contributed by atoms with Crippen molar-refractivity contribution in [2.24, 2.45) is 0 Å². The second kappa shape index (κ2) is 38.1. The van der Waals surface area contributed by atoms with Crippen molar-refractivity contribution in [3.63, 3.8) is 0 Å². The summed E-state index contributed by atoms with van der Waals surface area (Å²) in [6.07, 6.45) is 10.5. The van der Waals surface area contributed by atoms with Gasteiger partial charge in [-0.25, -0.2) is 0 Å². The minimum atomic E-state index is 0.141. The van der Waals surface area contributed by atoms with E-state index in [0.29, 0.717) is 38.5 Å². The van der Waals surface area contributed by atoms with Gasteiger partial charge in [0.25, 0.3) is 0 Å². The van der Waals surface area contributed by atoms with E-state index in [-0.39, 0.29) is 37.1 Å². The molecule has 12 nitrogen and oxygen atoms in total. The summed E-state index contributed by atoms with van der Waals surface area (Å²) in [5, 5.41) is 58.1. The molecule has 510 valence electrons. The van der Waals surface area contributed by atoms with Gasteiger partial charge in [-0.15, -0.1) is 0 Å². The Balaban J connectivity index is 0.000000159. The zero-order valence-electron chi connectivity index (χ0n) is 56.8. The van der Waals surface area contributed by atoms with Crippen LogP contribution in [0.2, 0.25) is 0 Å². The lowest BCUT2D eigenvalue weighted by molar-refractivity contribution is 0.233. The zero-order chi connectivity index (χ0) is 68.1. The Morgan fingerprint density at radius 2 is 0.633 bits per heavy atom. The molecule has 98 heavy (non-hydrogen) atoms. The van der Waals surface area contributed by atoms with Crippen LogP contribution in [0.1, 0.15) is 121 Å². The highest BCUT2D eigenvalue weighted by molar-refractivity contribution is 6.01. The van der Waals surface area contributed by atoms with Gasteiger partial charge in [-0.3, -0.25) is 9.80 Å². The first-order valence-electron chi connectivity index (χ1n) is 35.1. The molecule has 0 saturated carbocycles. The Morgan fingerprint density at radius 1 is 0.337 bits per heavy atom. The molecule has 12 rings (SSSR count). The summed E-state index contributed by atoms with van der Waals surface area (Å²) in [6, 6.07) is 78.4. The quantitative estimate of drug-likeness (QED) is 0.0187. The molecule has 3 aliphatic heterocycles. The summed E-state index contributed by atoms with van der Waals surface area (Å²) in [6.45, 7) is 10.4. The molecule has 0 spiro atoms. The Bertz CT molecular complexity index is 3890. The molecule has 12 heteroatoms. The van der Waals surface area contributed by atoms with Crippen molar-refractivity contribution in [1.29, 1.82) is 0 Å². The van der Waals surface area contributed by atoms with Crippen LogP contribution in [-0.4, -0.2) is 144 Å². The average molecular weight is 1320 g/mol. The summed E-state index contributed by atoms with van der Waals surface area (Å²) in [5.41, 5.74) is 16.6. The van der Waals surface area contributed by atoms with Gasteiger partial charge in [0.05, 0.1) is 6.61 Å². The largest absolute Gasteiger partial charge is 0.508 e. The molecule has 0 aliphatic carbocycles. The number of nitrogens with zero attached hydrogens (tertiary/aromatic N) is 3. The van der Waals surface area contributed by atoms with Gasteiger partial charge >= 0.3 is 0 Å². The third-order valence-corrected chi connectivity index (χ3v) is 18.4. The SMILES string of the molecule is CN1CCCC1CCOc1ccc(/C(=C(/CCCO)c2ccccc2)c2ccc(O)cc2)cc1.OCCC/C(=C(\c1ccc(O)cc1)c1ccc(OCCN2CC2)cc1)c1ccccc1.OCCC/C(=C(\c1ccc(O)cc1)c1ccc(OCCN2CCCC2)cc1)c1ccccc1. The predicted molar refractivity (Wildman–Crippen MR) is 399 cm³/mol. The second-order valence-electron chi connectivity index (χ2n) is 25.4. The standard InChI is InChI=1S/C30H35NO3.C29H33NO3.C27H29NO3/c1-31-20-5-9-26(31)19-22-34-28-17-13-25(14-18-28)30(24-11-15-27(33)16-12-24)29(10-6-21-32)23-7-3-2-4-8-23;31-21-6-9-28(23-7-2-1-3-8-23)29(24-10-14-26(32)15-11-24)25-12-16-27(17-13-25)33-22-20-30-18-4-5-19-30;29-19-4-7-26(21-5-2-1-3-6-21)27(22-8-12-24(30)13-9-22)23-10-14-25(15-11-23)31-20-18-28-16-17-28/h2-4,7-8,11-18,26,32-33H,5-6,9-10,19-22H2,1H3;1-3,7-8,10-17,31-32H,4-6,9,18-22H2;1-3,5-6,8-15,29-30H,4,7,16-20H2/b30-29-;29-28-;27-26-. The van der Waals surface area contributed by atoms with Gasteiger partial charge in [0.15, 0.2) is 0 Å². The molecule has 1 unspecified atom stereocenters. The van der Waals surface area contributed by atoms with Gasteiger partial charge in [0, 0.05) is 52.0 Å². The molecule has 0 aromatic heterocycles. The summed E-state index contributed by atoms with van der Waals surface area (Å²) < 4.78 is 18.0. The highest BCUT2D eigenvalue weighted by atomic mass is 16.5. The van der Waals surface area contributed by atoms with Gasteiger partial charge in [-0.2, -0.15) is 0 Å². The lowest BCUT2D eigenvalue weighted by Gasteiger charge is -2.20. The van der Waals surface area contributed by atoms with Gasteiger partial charge in [-0.1, -0.05) is 164 Å². The Morgan fingerprint density at radius 3 is 0.918 bits per heavy atom. The molecule has 0 radical (unpaired) electrons. The molecule has 0 amide bonds. The van der Waals surface area contributed by atoms with Crippen molar-refractivity contribution in [3.8, 4) is 34.5 Å². The van der Waals surface area contributed by atoms with E-state index in [2.05, 4.69) is 94.5 Å². The number of ether oxygens (including phenoxy) is 3. The lowest BCUT2D eigenvalue weighted by atomic mass is 9.87. The number of likely N-dealkylation sites (tertiary alicyclic amines) is 2. The van der Waals surface area contributed by atoms with Crippen molar-refractivity contribution < 1.29 is 44.8 Å². The summed E-state index contributed by atoms with van der Waals surface area (Å²) >= 11 is 0. The van der Waals surface area contributed by atoms with Gasteiger partial charge in [-0.05, 0) is 254 Å². The lowest BCUT2D eigenvalue weighted by Crippen LogP contribution is -2.26. The number of phenolic OH excluding ortho intramolecular Hbond substituents is 3. The van der Waals surface area contributed by atoms with Gasteiger partial charge in [0.1, 0.15) is 47.7 Å². The first-order chi connectivity index (χ1) is 48.1. The van der Waals surface area contributed by atoms with E-state index >= 15 is 0 Å². The van der Waals surface area contributed by atoms with Crippen LogP contribution in [0.25, 0.3) is 33.4 Å². The van der Waals surface area contributed by atoms with Crippen molar-refractivity contribution in [2.75, 3.05) is 92.5 Å². The number of aliphatic hydroxyl groups is 3. The van der Waals surface area contributed by atoms with E-state index < -0.39 is 0 Å². The fourth-order valence-electron chi connectivity index (χ4n) is 13.1. The molecule has 3 heterocycles. The van der Waals surface area contributed by atoms with E-state index in [9.17, 15) is 30.6 Å². The molecule has 3 fully saturated rings. The third kappa shape index (κ3) is 21.4. The molecular formula is C86H97N3O9. The first-order valence-corrected chi connectivity index (χ1v) is 35.1. The van der Waals surface area contributed by atoms with E-state index in [0.717, 1.165) is 129 Å². The number of hydrogen-bond donors (Lipinski definition) is 6. The normalized spacial score (nSPS) is 15.4. The van der Waals surface area contributed by atoms with Crippen LogP contribution in [-0.2, 0) is 0 Å². The Kier molecular flexibility index (Phi) is 27.8. The van der Waals surface area contributed by atoms with E-state index in [1.54, 1.807) is 36.4 Å². The fraction of sp³-hybridized carbons (Fsp3) is 0.302. The fourth-order valence-corrected chi connectivity index (χ4v) is 13.1. The van der Waals surface area contributed by atoms with Crippen LogP contribution < -0.4 is 14.2 Å². The minimum absolute atomic E-state index is 0.141. The number of benzene rings is 9. The molecule has 3 saturated heterocycles. The molecule has 0 bridgehead atoms. The number of aliphatic hydroxyl groups excluding tert-OH is 3.